The van der Waals surface area contributed by atoms with E-state index in [1.165, 1.54) is 22.5 Å². The van der Waals surface area contributed by atoms with Crippen molar-refractivity contribution in [3.63, 3.8) is 0 Å². The maximum atomic E-state index is 4.57. The zero-order valence-electron chi connectivity index (χ0n) is 14.8. The highest BCUT2D eigenvalue weighted by Crippen LogP contribution is 2.33. The average Bonchev–Trinajstić information content (AvgIpc) is 2.71. The second-order valence-electron chi connectivity index (χ2n) is 6.47. The fraction of sp³-hybridized carbons (Fsp3) is 0.125. The fourth-order valence-corrected chi connectivity index (χ4v) is 3.39. The molecule has 0 fully saturated rings. The molecular weight excluding hydrogens is 316 g/mol. The van der Waals surface area contributed by atoms with Gasteiger partial charge in [-0.25, -0.2) is 0 Å². The molecule has 2 nitrogen and oxygen atoms in total. The van der Waals surface area contributed by atoms with Gasteiger partial charge >= 0.3 is 0 Å². The van der Waals surface area contributed by atoms with Gasteiger partial charge in [-0.2, -0.15) is 0 Å². The Morgan fingerprint density at radius 3 is 2.27 bits per heavy atom. The van der Waals surface area contributed by atoms with Gasteiger partial charge in [0.25, 0.3) is 0 Å². The molecule has 2 heteroatoms. The lowest BCUT2D eigenvalue weighted by Gasteiger charge is -2.33. The molecule has 26 heavy (non-hydrogen) atoms. The molecule has 0 atom stereocenters. The number of anilines is 1. The van der Waals surface area contributed by atoms with Crippen molar-refractivity contribution in [1.29, 1.82) is 0 Å². The third-order valence-corrected chi connectivity index (χ3v) is 4.71. The van der Waals surface area contributed by atoms with Crippen LogP contribution in [0.5, 0.6) is 0 Å². The van der Waals surface area contributed by atoms with Crippen LogP contribution in [0.25, 0.3) is 0 Å². The van der Waals surface area contributed by atoms with Crippen molar-refractivity contribution in [2.24, 2.45) is 4.99 Å². The monoisotopic (exact) mass is 338 g/mol. The van der Waals surface area contributed by atoms with Crippen LogP contribution in [0, 0.1) is 0 Å². The minimum atomic E-state index is 0.878. The van der Waals surface area contributed by atoms with Crippen LogP contribution in [0.2, 0.25) is 0 Å². The molecule has 0 aromatic heterocycles. The Morgan fingerprint density at radius 1 is 0.769 bits per heavy atom. The molecule has 1 aliphatic heterocycles. The van der Waals surface area contributed by atoms with Gasteiger partial charge in [0.05, 0.1) is 5.69 Å². The molecule has 0 N–H and O–H groups in total. The van der Waals surface area contributed by atoms with Gasteiger partial charge in [0.15, 0.2) is 0 Å². The van der Waals surface area contributed by atoms with Crippen molar-refractivity contribution < 1.29 is 0 Å². The molecule has 0 aliphatic carbocycles. The maximum absolute atomic E-state index is 4.57. The second kappa shape index (κ2) is 7.83. The molecule has 3 aromatic rings. The summed E-state index contributed by atoms with van der Waals surface area (Å²) in [5, 5.41) is 0. The van der Waals surface area contributed by atoms with Crippen LogP contribution < -0.4 is 4.90 Å². The van der Waals surface area contributed by atoms with E-state index in [1.807, 2.05) is 36.5 Å². The van der Waals surface area contributed by atoms with Gasteiger partial charge in [-0.05, 0) is 48.2 Å². The summed E-state index contributed by atoms with van der Waals surface area (Å²) in [6.07, 6.45) is 6.19. The van der Waals surface area contributed by atoms with Gasteiger partial charge in [0.2, 0.25) is 0 Å². The number of aryl methyl sites for hydroxylation is 1. The average molecular weight is 338 g/mol. The van der Waals surface area contributed by atoms with Gasteiger partial charge in [-0.1, -0.05) is 66.7 Å². The van der Waals surface area contributed by atoms with Crippen molar-refractivity contribution >= 4 is 17.6 Å². The highest BCUT2D eigenvalue weighted by Gasteiger charge is 2.20. The van der Waals surface area contributed by atoms with Gasteiger partial charge in [0, 0.05) is 24.1 Å². The van der Waals surface area contributed by atoms with E-state index in [-0.39, 0.29) is 0 Å². The predicted octanol–water partition coefficient (Wildman–Crippen LogP) is 5.93. The SMILES string of the molecule is C(/C=C1\CCc2ccccc2N1Cc1ccccc1)=Nc1ccccc1. The van der Waals surface area contributed by atoms with E-state index < -0.39 is 0 Å². The molecule has 1 aliphatic rings. The first-order valence-electron chi connectivity index (χ1n) is 9.08. The number of aliphatic imine (C=N–C) groups is 1. The van der Waals surface area contributed by atoms with Gasteiger partial charge in [0.1, 0.15) is 0 Å². The molecule has 0 radical (unpaired) electrons. The van der Waals surface area contributed by atoms with E-state index in [0.29, 0.717) is 0 Å². The first-order valence-corrected chi connectivity index (χ1v) is 9.08. The summed E-state index contributed by atoms with van der Waals surface area (Å²) in [5.74, 6) is 0. The van der Waals surface area contributed by atoms with E-state index in [9.17, 15) is 0 Å². The molecule has 0 unspecified atom stereocenters. The summed E-state index contributed by atoms with van der Waals surface area (Å²) in [6, 6.07) is 29.4. The summed E-state index contributed by atoms with van der Waals surface area (Å²) in [4.78, 5) is 6.99. The van der Waals surface area contributed by atoms with Crippen LogP contribution in [-0.2, 0) is 13.0 Å². The molecule has 1 heterocycles. The Bertz CT molecular complexity index is 911. The number of hydrogen-bond acceptors (Lipinski definition) is 2. The molecule has 128 valence electrons. The fourth-order valence-electron chi connectivity index (χ4n) is 3.39. The summed E-state index contributed by atoms with van der Waals surface area (Å²) < 4.78 is 0. The topological polar surface area (TPSA) is 15.6 Å². The van der Waals surface area contributed by atoms with Gasteiger partial charge in [-0.3, -0.25) is 4.99 Å². The highest BCUT2D eigenvalue weighted by molar-refractivity contribution is 5.77. The quantitative estimate of drug-likeness (QED) is 0.539. The molecule has 0 saturated heterocycles. The molecule has 0 saturated carbocycles. The molecule has 0 bridgehead atoms. The molecule has 3 aromatic carbocycles. The smallest absolute Gasteiger partial charge is 0.0629 e. The van der Waals surface area contributed by atoms with E-state index in [4.69, 9.17) is 0 Å². The zero-order valence-corrected chi connectivity index (χ0v) is 14.8. The van der Waals surface area contributed by atoms with Crippen LogP contribution in [-0.4, -0.2) is 6.21 Å². The van der Waals surface area contributed by atoms with E-state index in [1.54, 1.807) is 0 Å². The number of para-hydroxylation sites is 2. The van der Waals surface area contributed by atoms with Gasteiger partial charge < -0.3 is 4.90 Å². The molecule has 0 spiro atoms. The molecule has 0 amide bonds. The first kappa shape index (κ1) is 16.3. The normalized spacial score (nSPS) is 15.4. The lowest BCUT2D eigenvalue weighted by atomic mass is 9.98. The van der Waals surface area contributed by atoms with Crippen molar-refractivity contribution in [3.05, 3.63) is 108 Å². The summed E-state index contributed by atoms with van der Waals surface area (Å²) in [5.41, 5.74) is 6.33. The molecule has 4 rings (SSSR count). The summed E-state index contributed by atoms with van der Waals surface area (Å²) in [6.45, 7) is 0.878. The number of fused-ring (bicyclic) bond motifs is 1. The van der Waals surface area contributed by atoms with Crippen LogP contribution in [0.4, 0.5) is 11.4 Å². The highest BCUT2D eigenvalue weighted by atomic mass is 15.1. The standard InChI is InChI=1S/C24H22N2/c1-3-9-20(10-4-1)19-26-23(16-15-21-11-7-8-14-24(21)26)17-18-25-22-12-5-2-6-13-22/h1-14,17-18H,15-16,19H2/b23-17+,25-18?. The van der Waals surface area contributed by atoms with Crippen LogP contribution in [0.3, 0.4) is 0 Å². The lowest BCUT2D eigenvalue weighted by molar-refractivity contribution is 0.780. The maximum Gasteiger partial charge on any atom is 0.0629 e. The minimum Gasteiger partial charge on any atom is -0.340 e. The third kappa shape index (κ3) is 3.75. The largest absolute Gasteiger partial charge is 0.340 e. The van der Waals surface area contributed by atoms with Crippen LogP contribution >= 0.6 is 0 Å². The number of benzene rings is 3. The van der Waals surface area contributed by atoms with Crippen molar-refractivity contribution in [2.75, 3.05) is 4.90 Å². The minimum absolute atomic E-state index is 0.878. The van der Waals surface area contributed by atoms with Gasteiger partial charge in [-0.15, -0.1) is 0 Å². The third-order valence-electron chi connectivity index (χ3n) is 4.71. The number of hydrogen-bond donors (Lipinski definition) is 0. The Kier molecular flexibility index (Phi) is 4.92. The Labute approximate surface area is 155 Å². The van der Waals surface area contributed by atoms with Crippen LogP contribution in [0.15, 0.2) is 102 Å². The number of allylic oxidation sites excluding steroid dienone is 2. The van der Waals surface area contributed by atoms with E-state index >= 15 is 0 Å². The van der Waals surface area contributed by atoms with E-state index in [0.717, 1.165) is 25.1 Å². The second-order valence-corrected chi connectivity index (χ2v) is 6.47. The Hall–Kier alpha value is -3.13. The van der Waals surface area contributed by atoms with Crippen LogP contribution in [0.1, 0.15) is 17.5 Å². The van der Waals surface area contributed by atoms with E-state index in [2.05, 4.69) is 70.6 Å². The number of rotatable bonds is 4. The Balaban J connectivity index is 1.64. The predicted molar refractivity (Wildman–Crippen MR) is 110 cm³/mol. The molecular formula is C24H22N2. The summed E-state index contributed by atoms with van der Waals surface area (Å²) in [7, 11) is 0. The number of nitrogens with zero attached hydrogens (tertiary/aromatic N) is 2. The van der Waals surface area contributed by atoms with Crippen molar-refractivity contribution in [1.82, 2.24) is 0 Å². The van der Waals surface area contributed by atoms with Crippen molar-refractivity contribution in [3.8, 4) is 0 Å². The Morgan fingerprint density at radius 2 is 1.46 bits per heavy atom. The van der Waals surface area contributed by atoms with Crippen molar-refractivity contribution in [2.45, 2.75) is 19.4 Å². The lowest BCUT2D eigenvalue weighted by Crippen LogP contribution is -2.27. The zero-order chi connectivity index (χ0) is 17.6. The summed E-state index contributed by atoms with van der Waals surface area (Å²) >= 11 is 0. The first-order chi connectivity index (χ1) is 12.9.